The van der Waals surface area contributed by atoms with Gasteiger partial charge >= 0.3 is 0 Å². The maximum Gasteiger partial charge on any atom is 0.191 e. The molecule has 0 aromatic carbocycles. The Hall–Kier alpha value is -1.58. The van der Waals surface area contributed by atoms with Crippen LogP contribution in [0.1, 0.15) is 36.2 Å². The Morgan fingerprint density at radius 3 is 2.67 bits per heavy atom. The van der Waals surface area contributed by atoms with Crippen LogP contribution in [0.3, 0.4) is 0 Å². The molecule has 8 heteroatoms. The van der Waals surface area contributed by atoms with E-state index in [0.29, 0.717) is 6.54 Å². The first-order valence-corrected chi connectivity index (χ1v) is 8.02. The summed E-state index contributed by atoms with van der Waals surface area (Å²) in [4.78, 5) is 4.21. The summed E-state index contributed by atoms with van der Waals surface area (Å²) >= 11 is 0. The van der Waals surface area contributed by atoms with Crippen LogP contribution in [0.4, 0.5) is 0 Å². The van der Waals surface area contributed by atoms with E-state index in [1.807, 2.05) is 17.7 Å². The van der Waals surface area contributed by atoms with E-state index < -0.39 is 0 Å². The molecule has 0 atom stereocenters. The van der Waals surface area contributed by atoms with Gasteiger partial charge in [0.15, 0.2) is 11.7 Å². The van der Waals surface area contributed by atoms with Crippen LogP contribution in [0.15, 0.2) is 21.6 Å². The van der Waals surface area contributed by atoms with Crippen molar-refractivity contribution in [3.05, 3.63) is 35.0 Å². The van der Waals surface area contributed by atoms with E-state index in [0.717, 1.165) is 49.0 Å². The standard InChI is InChI=1S/C16H26N6O.HI/c1-5-14-10-15(23-21-14)11-19-16(17-4)18-7-6-8-22-13(3)9-12(2)20-22;/h9-10H,5-8,11H2,1-4H3,(H2,17,18,19);1H. The summed E-state index contributed by atoms with van der Waals surface area (Å²) in [7, 11) is 1.76. The minimum absolute atomic E-state index is 0. The van der Waals surface area contributed by atoms with Gasteiger partial charge in [0.1, 0.15) is 0 Å². The number of aliphatic imine (C=N–C) groups is 1. The molecule has 0 radical (unpaired) electrons. The molecule has 0 amide bonds. The molecule has 2 N–H and O–H groups in total. The van der Waals surface area contributed by atoms with E-state index in [1.54, 1.807) is 7.05 Å². The SMILES string of the molecule is CCc1cc(CNC(=NC)NCCCn2nc(C)cc2C)on1.I. The third-order valence-corrected chi connectivity index (χ3v) is 3.57. The molecule has 24 heavy (non-hydrogen) atoms. The maximum absolute atomic E-state index is 5.24. The predicted molar refractivity (Wildman–Crippen MR) is 106 cm³/mol. The molecular weight excluding hydrogens is 419 g/mol. The largest absolute Gasteiger partial charge is 0.359 e. The van der Waals surface area contributed by atoms with Gasteiger partial charge in [-0.1, -0.05) is 12.1 Å². The Balaban J connectivity index is 0.00000288. The first-order chi connectivity index (χ1) is 11.1. The summed E-state index contributed by atoms with van der Waals surface area (Å²) in [5, 5.41) is 14.9. The Labute approximate surface area is 160 Å². The predicted octanol–water partition coefficient (Wildman–Crippen LogP) is 2.42. The van der Waals surface area contributed by atoms with Crippen molar-refractivity contribution in [1.29, 1.82) is 0 Å². The normalized spacial score (nSPS) is 11.2. The minimum atomic E-state index is 0. The van der Waals surface area contributed by atoms with Crippen molar-refractivity contribution in [3.8, 4) is 0 Å². The minimum Gasteiger partial charge on any atom is -0.359 e. The Morgan fingerprint density at radius 1 is 1.29 bits per heavy atom. The Bertz CT molecular complexity index is 649. The van der Waals surface area contributed by atoms with Gasteiger partial charge in [-0.15, -0.1) is 24.0 Å². The van der Waals surface area contributed by atoms with Crippen LogP contribution in [-0.4, -0.2) is 34.5 Å². The molecule has 0 bridgehead atoms. The van der Waals surface area contributed by atoms with Gasteiger partial charge in [-0.25, -0.2) is 0 Å². The van der Waals surface area contributed by atoms with Gasteiger partial charge in [-0.05, 0) is 32.8 Å². The molecule has 0 saturated carbocycles. The number of guanidine groups is 1. The highest BCUT2D eigenvalue weighted by Gasteiger charge is 2.04. The van der Waals surface area contributed by atoms with Crippen LogP contribution in [0.25, 0.3) is 0 Å². The number of hydrogen-bond acceptors (Lipinski definition) is 4. The molecule has 0 aliphatic carbocycles. The fourth-order valence-corrected chi connectivity index (χ4v) is 2.33. The molecule has 2 aromatic rings. The fourth-order valence-electron chi connectivity index (χ4n) is 2.33. The summed E-state index contributed by atoms with van der Waals surface area (Å²) in [5.41, 5.74) is 3.23. The maximum atomic E-state index is 5.24. The first kappa shape index (κ1) is 20.5. The summed E-state index contributed by atoms with van der Waals surface area (Å²) in [6, 6.07) is 4.05. The number of aryl methyl sites for hydroxylation is 4. The van der Waals surface area contributed by atoms with Crippen molar-refractivity contribution in [2.75, 3.05) is 13.6 Å². The molecule has 0 aliphatic rings. The van der Waals surface area contributed by atoms with Gasteiger partial charge in [0.25, 0.3) is 0 Å². The van der Waals surface area contributed by atoms with Gasteiger partial charge in [0, 0.05) is 31.9 Å². The second-order valence-corrected chi connectivity index (χ2v) is 5.49. The highest BCUT2D eigenvalue weighted by Crippen LogP contribution is 2.04. The van der Waals surface area contributed by atoms with Crippen molar-refractivity contribution in [3.63, 3.8) is 0 Å². The van der Waals surface area contributed by atoms with Gasteiger partial charge < -0.3 is 15.2 Å². The van der Waals surface area contributed by atoms with Crippen molar-refractivity contribution < 1.29 is 4.52 Å². The summed E-state index contributed by atoms with van der Waals surface area (Å²) in [6.07, 6.45) is 1.85. The molecule has 0 fully saturated rings. The average molecular weight is 446 g/mol. The molecule has 0 saturated heterocycles. The molecule has 2 rings (SSSR count). The molecule has 0 spiro atoms. The van der Waals surface area contributed by atoms with Crippen LogP contribution < -0.4 is 10.6 Å². The lowest BCUT2D eigenvalue weighted by molar-refractivity contribution is 0.374. The number of nitrogens with zero attached hydrogens (tertiary/aromatic N) is 4. The van der Waals surface area contributed by atoms with Crippen molar-refractivity contribution in [2.45, 2.75) is 46.7 Å². The molecule has 2 heterocycles. The van der Waals surface area contributed by atoms with Crippen LogP contribution in [-0.2, 0) is 19.5 Å². The zero-order chi connectivity index (χ0) is 16.7. The van der Waals surface area contributed by atoms with Crippen LogP contribution >= 0.6 is 24.0 Å². The second-order valence-electron chi connectivity index (χ2n) is 5.49. The summed E-state index contributed by atoms with van der Waals surface area (Å²) < 4.78 is 7.28. The topological polar surface area (TPSA) is 80.3 Å². The van der Waals surface area contributed by atoms with E-state index in [-0.39, 0.29) is 24.0 Å². The van der Waals surface area contributed by atoms with Crippen molar-refractivity contribution >= 4 is 29.9 Å². The lowest BCUT2D eigenvalue weighted by Gasteiger charge is -2.11. The molecule has 0 aliphatic heterocycles. The number of hydrogen-bond donors (Lipinski definition) is 2. The zero-order valence-electron chi connectivity index (χ0n) is 14.8. The molecule has 0 unspecified atom stereocenters. The van der Waals surface area contributed by atoms with E-state index >= 15 is 0 Å². The van der Waals surface area contributed by atoms with Crippen molar-refractivity contribution in [2.24, 2.45) is 4.99 Å². The third kappa shape index (κ3) is 6.14. The second kappa shape index (κ2) is 10.3. The number of nitrogens with one attached hydrogen (secondary N) is 2. The van der Waals surface area contributed by atoms with E-state index in [9.17, 15) is 0 Å². The van der Waals surface area contributed by atoms with Gasteiger partial charge in [0.05, 0.1) is 17.9 Å². The molecule has 134 valence electrons. The van der Waals surface area contributed by atoms with E-state index in [4.69, 9.17) is 4.52 Å². The van der Waals surface area contributed by atoms with E-state index in [2.05, 4.69) is 45.8 Å². The Kier molecular flexibility index (Phi) is 8.80. The lowest BCUT2D eigenvalue weighted by atomic mass is 10.3. The average Bonchev–Trinajstić information content (AvgIpc) is 3.12. The molecule has 2 aromatic heterocycles. The number of rotatable bonds is 7. The number of halogens is 1. The van der Waals surface area contributed by atoms with Gasteiger partial charge in [-0.3, -0.25) is 9.67 Å². The van der Waals surface area contributed by atoms with E-state index in [1.165, 1.54) is 5.69 Å². The van der Waals surface area contributed by atoms with Crippen LogP contribution in [0, 0.1) is 13.8 Å². The third-order valence-electron chi connectivity index (χ3n) is 3.57. The molecule has 7 nitrogen and oxygen atoms in total. The highest BCUT2D eigenvalue weighted by molar-refractivity contribution is 14.0. The number of aromatic nitrogens is 3. The smallest absolute Gasteiger partial charge is 0.191 e. The lowest BCUT2D eigenvalue weighted by Crippen LogP contribution is -2.37. The fraction of sp³-hybridized carbons (Fsp3) is 0.562. The monoisotopic (exact) mass is 446 g/mol. The van der Waals surface area contributed by atoms with Crippen molar-refractivity contribution in [1.82, 2.24) is 25.6 Å². The zero-order valence-corrected chi connectivity index (χ0v) is 17.1. The van der Waals surface area contributed by atoms with Crippen LogP contribution in [0.5, 0.6) is 0 Å². The quantitative estimate of drug-likeness (QED) is 0.296. The highest BCUT2D eigenvalue weighted by atomic mass is 127. The van der Waals surface area contributed by atoms with Gasteiger partial charge in [-0.2, -0.15) is 5.10 Å². The molecular formula is C16H27IN6O. The van der Waals surface area contributed by atoms with Gasteiger partial charge in [0.2, 0.25) is 0 Å². The first-order valence-electron chi connectivity index (χ1n) is 8.02. The summed E-state index contributed by atoms with van der Waals surface area (Å²) in [5.74, 6) is 1.57. The van der Waals surface area contributed by atoms with Crippen LogP contribution in [0.2, 0.25) is 0 Å². The Morgan fingerprint density at radius 2 is 2.08 bits per heavy atom. The summed E-state index contributed by atoms with van der Waals surface area (Å²) in [6.45, 7) is 8.44.